The van der Waals surface area contributed by atoms with Crippen LogP contribution in [0.4, 0.5) is 24.5 Å². The van der Waals surface area contributed by atoms with Crippen LogP contribution in [0.3, 0.4) is 0 Å². The minimum absolute atomic E-state index is 0.0913. The number of alkyl halides is 3. The fourth-order valence-corrected chi connectivity index (χ4v) is 4.23. The van der Waals surface area contributed by atoms with Crippen LogP contribution >= 0.6 is 0 Å². The molecule has 2 aromatic carbocycles. The summed E-state index contributed by atoms with van der Waals surface area (Å²) in [6.07, 6.45) is 2.09. The second-order valence-electron chi connectivity index (χ2n) is 8.91. The molecule has 1 saturated heterocycles. The van der Waals surface area contributed by atoms with Crippen molar-refractivity contribution in [3.05, 3.63) is 95.3 Å². The highest BCUT2D eigenvalue weighted by Gasteiger charge is 2.30. The first-order valence-electron chi connectivity index (χ1n) is 11.9. The maximum atomic E-state index is 13.2. The molecule has 1 fully saturated rings. The predicted molar refractivity (Wildman–Crippen MR) is 136 cm³/mol. The number of nitrogens with one attached hydrogen (secondary N) is 2. The summed E-state index contributed by atoms with van der Waals surface area (Å²) in [5.41, 5.74) is 3.66. The van der Waals surface area contributed by atoms with E-state index >= 15 is 0 Å². The van der Waals surface area contributed by atoms with Crippen molar-refractivity contribution in [2.24, 2.45) is 0 Å². The van der Waals surface area contributed by atoms with Crippen LogP contribution in [-0.2, 0) is 17.5 Å². The number of halogens is 3. The number of aryl methyl sites for hydroxylation is 1. The number of anilines is 2. The molecule has 1 amide bonds. The van der Waals surface area contributed by atoms with Crippen LogP contribution in [0.15, 0.2) is 72.9 Å². The van der Waals surface area contributed by atoms with E-state index in [-0.39, 0.29) is 11.9 Å². The summed E-state index contributed by atoms with van der Waals surface area (Å²) in [4.78, 5) is 19.3. The van der Waals surface area contributed by atoms with Gasteiger partial charge in [-0.15, -0.1) is 0 Å². The van der Waals surface area contributed by atoms with Crippen molar-refractivity contribution in [2.75, 3.05) is 18.4 Å². The largest absolute Gasteiger partial charge is 0.416 e. The van der Waals surface area contributed by atoms with E-state index in [0.29, 0.717) is 12.1 Å². The van der Waals surface area contributed by atoms with E-state index in [1.165, 1.54) is 18.2 Å². The highest BCUT2D eigenvalue weighted by Crippen LogP contribution is 2.29. The minimum atomic E-state index is -4.38. The summed E-state index contributed by atoms with van der Waals surface area (Å²) in [5, 5.41) is 6.67. The number of hydrogen-bond acceptors (Lipinski definition) is 4. The van der Waals surface area contributed by atoms with E-state index in [1.807, 2.05) is 48.2 Å². The van der Waals surface area contributed by atoms with Crippen molar-refractivity contribution in [3.8, 4) is 0 Å². The number of benzene rings is 2. The standard InChI is InChI=1S/C28H29F3N4O/c1-20-18-25(12-17-33-20)34-24-9-4-22(5-10-24)19-35(26-13-15-32-16-14-26)27(36)11-6-21-2-7-23(8-3-21)28(29,30)31/h2-12,17-18,26,32H,13-16,19H2,1H3,(H,33,34)/b11-6+. The average Bonchev–Trinajstić information content (AvgIpc) is 2.87. The molecule has 0 aliphatic carbocycles. The molecule has 0 radical (unpaired) electrons. The first-order valence-corrected chi connectivity index (χ1v) is 11.9. The summed E-state index contributed by atoms with van der Waals surface area (Å²) in [5.74, 6) is -0.156. The Bertz CT molecular complexity index is 1180. The van der Waals surface area contributed by atoms with Gasteiger partial charge in [-0.05, 0) is 86.5 Å². The maximum Gasteiger partial charge on any atom is 0.416 e. The van der Waals surface area contributed by atoms with E-state index in [0.717, 1.165) is 60.7 Å². The lowest BCUT2D eigenvalue weighted by atomic mass is 10.0. The molecule has 0 atom stereocenters. The van der Waals surface area contributed by atoms with Crippen molar-refractivity contribution in [1.82, 2.24) is 15.2 Å². The first kappa shape index (κ1) is 25.4. The lowest BCUT2D eigenvalue weighted by molar-refractivity contribution is -0.137. The zero-order valence-corrected chi connectivity index (χ0v) is 20.1. The normalized spacial score (nSPS) is 14.7. The quantitative estimate of drug-likeness (QED) is 0.399. The number of hydrogen-bond donors (Lipinski definition) is 2. The third kappa shape index (κ3) is 6.95. The molecule has 3 aromatic rings. The fraction of sp³-hybridized carbons (Fsp3) is 0.286. The van der Waals surface area contributed by atoms with Crippen LogP contribution in [0, 0.1) is 6.92 Å². The van der Waals surface area contributed by atoms with Crippen LogP contribution in [0.2, 0.25) is 0 Å². The Morgan fingerprint density at radius 1 is 1.06 bits per heavy atom. The number of rotatable bonds is 7. The Hall–Kier alpha value is -3.65. The van der Waals surface area contributed by atoms with Crippen molar-refractivity contribution in [1.29, 1.82) is 0 Å². The lowest BCUT2D eigenvalue weighted by Crippen LogP contribution is -2.45. The molecule has 0 saturated carbocycles. The zero-order chi connectivity index (χ0) is 25.5. The van der Waals surface area contributed by atoms with Crippen LogP contribution in [0.1, 0.15) is 35.2 Å². The van der Waals surface area contributed by atoms with E-state index in [2.05, 4.69) is 15.6 Å². The predicted octanol–water partition coefficient (Wildman–Crippen LogP) is 5.95. The van der Waals surface area contributed by atoms with Gasteiger partial charge in [0.1, 0.15) is 0 Å². The Balaban J connectivity index is 1.46. The summed E-state index contributed by atoms with van der Waals surface area (Å²) in [6, 6.07) is 16.7. The average molecular weight is 495 g/mol. The van der Waals surface area contributed by atoms with Crippen molar-refractivity contribution >= 4 is 23.4 Å². The van der Waals surface area contributed by atoms with Gasteiger partial charge in [-0.25, -0.2) is 0 Å². The van der Waals surface area contributed by atoms with Crippen molar-refractivity contribution in [3.63, 3.8) is 0 Å². The molecule has 1 aliphatic rings. The number of carbonyl (C=O) groups excluding carboxylic acids is 1. The molecule has 5 nitrogen and oxygen atoms in total. The molecular weight excluding hydrogens is 465 g/mol. The van der Waals surface area contributed by atoms with Gasteiger partial charge in [-0.2, -0.15) is 13.2 Å². The lowest BCUT2D eigenvalue weighted by Gasteiger charge is -2.34. The Morgan fingerprint density at radius 3 is 2.39 bits per heavy atom. The number of aromatic nitrogens is 1. The van der Waals surface area contributed by atoms with Gasteiger partial charge in [0.2, 0.25) is 5.91 Å². The molecule has 36 heavy (non-hydrogen) atoms. The van der Waals surface area contributed by atoms with Gasteiger partial charge in [0.25, 0.3) is 0 Å². The molecule has 4 rings (SSSR count). The number of nitrogens with zero attached hydrogens (tertiary/aromatic N) is 2. The second kappa shape index (κ2) is 11.4. The van der Waals surface area contributed by atoms with Gasteiger partial charge in [-0.1, -0.05) is 24.3 Å². The van der Waals surface area contributed by atoms with Crippen LogP contribution < -0.4 is 10.6 Å². The zero-order valence-electron chi connectivity index (χ0n) is 20.1. The Morgan fingerprint density at radius 2 is 1.75 bits per heavy atom. The minimum Gasteiger partial charge on any atom is -0.355 e. The topological polar surface area (TPSA) is 57.3 Å². The van der Waals surface area contributed by atoms with Crippen LogP contribution in [-0.4, -0.2) is 34.9 Å². The molecule has 2 N–H and O–H groups in total. The van der Waals surface area contributed by atoms with Gasteiger partial charge >= 0.3 is 6.18 Å². The van der Waals surface area contributed by atoms with Crippen LogP contribution in [0.5, 0.6) is 0 Å². The summed E-state index contributed by atoms with van der Waals surface area (Å²) < 4.78 is 38.4. The number of piperidine rings is 1. The molecule has 2 heterocycles. The highest BCUT2D eigenvalue weighted by atomic mass is 19.4. The summed E-state index contributed by atoms with van der Waals surface area (Å²) in [7, 11) is 0. The monoisotopic (exact) mass is 494 g/mol. The fourth-order valence-electron chi connectivity index (χ4n) is 4.23. The SMILES string of the molecule is Cc1cc(Nc2ccc(CN(C(=O)/C=C/c3ccc(C(F)(F)F)cc3)C3CCNCC3)cc2)ccn1. The summed E-state index contributed by atoms with van der Waals surface area (Å²) in [6.45, 7) is 4.07. The molecule has 0 unspecified atom stereocenters. The van der Waals surface area contributed by atoms with Gasteiger partial charge in [-0.3, -0.25) is 9.78 Å². The van der Waals surface area contributed by atoms with E-state index in [4.69, 9.17) is 0 Å². The molecule has 8 heteroatoms. The molecule has 1 aromatic heterocycles. The number of amides is 1. The maximum absolute atomic E-state index is 13.2. The molecular formula is C28H29F3N4O. The Labute approximate surface area is 209 Å². The molecule has 0 spiro atoms. The molecule has 188 valence electrons. The molecule has 0 bridgehead atoms. The van der Waals surface area contributed by atoms with Gasteiger partial charge in [0.15, 0.2) is 0 Å². The smallest absolute Gasteiger partial charge is 0.355 e. The highest BCUT2D eigenvalue weighted by molar-refractivity contribution is 5.92. The second-order valence-corrected chi connectivity index (χ2v) is 8.91. The Kier molecular flexibility index (Phi) is 8.05. The first-order chi connectivity index (χ1) is 17.3. The third-order valence-electron chi connectivity index (χ3n) is 6.18. The van der Waals surface area contributed by atoms with Gasteiger partial charge in [0, 0.05) is 41.9 Å². The van der Waals surface area contributed by atoms with E-state index in [1.54, 1.807) is 12.3 Å². The van der Waals surface area contributed by atoms with E-state index in [9.17, 15) is 18.0 Å². The van der Waals surface area contributed by atoms with Crippen LogP contribution in [0.25, 0.3) is 6.08 Å². The van der Waals surface area contributed by atoms with Gasteiger partial charge in [0.05, 0.1) is 5.56 Å². The third-order valence-corrected chi connectivity index (χ3v) is 6.18. The van der Waals surface area contributed by atoms with E-state index < -0.39 is 11.7 Å². The molecule has 1 aliphatic heterocycles. The number of carbonyl (C=O) groups is 1. The van der Waals surface area contributed by atoms with Gasteiger partial charge < -0.3 is 15.5 Å². The summed E-state index contributed by atoms with van der Waals surface area (Å²) >= 11 is 0. The number of pyridine rings is 1. The van der Waals surface area contributed by atoms with Crippen molar-refractivity contribution < 1.29 is 18.0 Å². The van der Waals surface area contributed by atoms with Crippen molar-refractivity contribution in [2.45, 2.75) is 38.5 Å².